The molecule has 0 saturated carbocycles. The summed E-state index contributed by atoms with van der Waals surface area (Å²) in [5, 5.41) is 14.9. The molecule has 1 aromatic heterocycles. The first-order valence-electron chi connectivity index (χ1n) is 7.27. The first kappa shape index (κ1) is 14.8. The van der Waals surface area contributed by atoms with E-state index < -0.39 is 0 Å². The summed E-state index contributed by atoms with van der Waals surface area (Å²) in [5.41, 5.74) is 0. The molecule has 0 atom stereocenters. The van der Waals surface area contributed by atoms with E-state index in [0.29, 0.717) is 13.2 Å². The largest absolute Gasteiger partial charge is 0.383 e. The van der Waals surface area contributed by atoms with Crippen LogP contribution in [0.2, 0.25) is 0 Å². The first-order chi connectivity index (χ1) is 9.85. The molecule has 0 aliphatic carbocycles. The zero-order chi connectivity index (χ0) is 14.2. The van der Waals surface area contributed by atoms with Crippen LogP contribution in [-0.2, 0) is 24.2 Å². The maximum Gasteiger partial charge on any atom is 0.191 e. The van der Waals surface area contributed by atoms with E-state index >= 15 is 0 Å². The van der Waals surface area contributed by atoms with Crippen LogP contribution in [-0.4, -0.2) is 47.5 Å². The summed E-state index contributed by atoms with van der Waals surface area (Å²) in [7, 11) is 1.69. The van der Waals surface area contributed by atoms with Crippen LogP contribution >= 0.6 is 0 Å². The fraction of sp³-hybridized carbons (Fsp3) is 0.769. The number of guanidine groups is 1. The van der Waals surface area contributed by atoms with Crippen molar-refractivity contribution in [1.29, 1.82) is 0 Å². The molecule has 0 saturated heterocycles. The minimum absolute atomic E-state index is 0.551. The van der Waals surface area contributed by atoms with E-state index in [0.717, 1.165) is 43.7 Å². The van der Waals surface area contributed by atoms with Crippen LogP contribution in [0.5, 0.6) is 0 Å². The van der Waals surface area contributed by atoms with Gasteiger partial charge in [-0.3, -0.25) is 0 Å². The summed E-state index contributed by atoms with van der Waals surface area (Å²) >= 11 is 0. The molecule has 7 heteroatoms. The zero-order valence-corrected chi connectivity index (χ0v) is 12.4. The van der Waals surface area contributed by atoms with Gasteiger partial charge in [0.2, 0.25) is 0 Å². The molecule has 0 spiro atoms. The van der Waals surface area contributed by atoms with Gasteiger partial charge in [-0.1, -0.05) is 0 Å². The van der Waals surface area contributed by atoms with E-state index in [2.05, 4.69) is 30.4 Å². The number of aliphatic imine (C=N–C) groups is 1. The van der Waals surface area contributed by atoms with Crippen LogP contribution in [0, 0.1) is 0 Å². The molecule has 0 radical (unpaired) electrons. The van der Waals surface area contributed by atoms with Gasteiger partial charge in [0.1, 0.15) is 12.4 Å². The highest BCUT2D eigenvalue weighted by Gasteiger charge is 2.15. The molecule has 2 N–H and O–H groups in total. The Morgan fingerprint density at radius 3 is 3.05 bits per heavy atom. The van der Waals surface area contributed by atoms with Crippen LogP contribution in [0.1, 0.15) is 31.4 Å². The number of hydrogen-bond donors (Lipinski definition) is 2. The Labute approximate surface area is 119 Å². The van der Waals surface area contributed by atoms with Gasteiger partial charge < -0.3 is 19.9 Å². The molecule has 0 aromatic carbocycles. The molecule has 1 aliphatic rings. The zero-order valence-electron chi connectivity index (χ0n) is 12.4. The summed E-state index contributed by atoms with van der Waals surface area (Å²) in [5.74, 6) is 2.83. The van der Waals surface area contributed by atoms with E-state index in [1.807, 2.05) is 6.92 Å². The average Bonchev–Trinajstić information content (AvgIpc) is 2.88. The molecule has 0 bridgehead atoms. The first-order valence-corrected chi connectivity index (χ1v) is 7.27. The van der Waals surface area contributed by atoms with Crippen LogP contribution in [0.3, 0.4) is 0 Å². The van der Waals surface area contributed by atoms with Gasteiger partial charge in [-0.05, 0) is 19.8 Å². The summed E-state index contributed by atoms with van der Waals surface area (Å²) in [6.07, 6.45) is 3.44. The lowest BCUT2D eigenvalue weighted by Crippen LogP contribution is -2.38. The molecule has 7 nitrogen and oxygen atoms in total. The molecular formula is C13H24N6O. The molecule has 2 heterocycles. The number of methoxy groups -OCH3 is 1. The second-order valence-electron chi connectivity index (χ2n) is 4.76. The molecule has 1 aliphatic heterocycles. The van der Waals surface area contributed by atoms with Gasteiger partial charge in [-0.2, -0.15) is 0 Å². The van der Waals surface area contributed by atoms with Gasteiger partial charge >= 0.3 is 0 Å². The maximum atomic E-state index is 5.02. The van der Waals surface area contributed by atoms with Crippen molar-refractivity contribution in [3.05, 3.63) is 11.6 Å². The lowest BCUT2D eigenvalue weighted by Gasteiger charge is -2.14. The predicted octanol–water partition coefficient (Wildman–Crippen LogP) is 0.316. The molecular weight excluding hydrogens is 256 g/mol. The standard InChI is InChI=1S/C13H24N6O/c1-3-14-13(15-7-9-20-2)16-10-12-18-17-11-6-4-5-8-19(11)12/h3-10H2,1-2H3,(H2,14,15,16). The van der Waals surface area contributed by atoms with E-state index in [-0.39, 0.29) is 0 Å². The highest BCUT2D eigenvalue weighted by molar-refractivity contribution is 5.79. The highest BCUT2D eigenvalue weighted by Crippen LogP contribution is 2.14. The second kappa shape index (κ2) is 7.84. The topological polar surface area (TPSA) is 76.4 Å². The second-order valence-corrected chi connectivity index (χ2v) is 4.76. The normalized spacial score (nSPS) is 15.0. The lowest BCUT2D eigenvalue weighted by atomic mass is 10.2. The Morgan fingerprint density at radius 2 is 2.25 bits per heavy atom. The number of nitrogens with zero attached hydrogens (tertiary/aromatic N) is 4. The number of rotatable bonds is 6. The average molecular weight is 280 g/mol. The van der Waals surface area contributed by atoms with E-state index in [1.165, 1.54) is 12.8 Å². The Kier molecular flexibility index (Phi) is 5.79. The summed E-state index contributed by atoms with van der Waals surface area (Å²) in [6.45, 7) is 5.84. The van der Waals surface area contributed by atoms with Crippen molar-refractivity contribution in [2.45, 2.75) is 39.3 Å². The van der Waals surface area contributed by atoms with Crippen LogP contribution in [0.15, 0.2) is 4.99 Å². The lowest BCUT2D eigenvalue weighted by molar-refractivity contribution is 0.203. The van der Waals surface area contributed by atoms with Crippen molar-refractivity contribution in [3.63, 3.8) is 0 Å². The van der Waals surface area contributed by atoms with Crippen molar-refractivity contribution < 1.29 is 4.74 Å². The Morgan fingerprint density at radius 1 is 1.35 bits per heavy atom. The minimum Gasteiger partial charge on any atom is -0.383 e. The van der Waals surface area contributed by atoms with Crippen LogP contribution < -0.4 is 10.6 Å². The smallest absolute Gasteiger partial charge is 0.191 e. The summed E-state index contributed by atoms with van der Waals surface area (Å²) in [4.78, 5) is 4.55. The molecule has 0 amide bonds. The minimum atomic E-state index is 0.551. The number of ether oxygens (including phenoxy) is 1. The summed E-state index contributed by atoms with van der Waals surface area (Å²) < 4.78 is 7.22. The fourth-order valence-electron chi connectivity index (χ4n) is 2.25. The number of hydrogen-bond acceptors (Lipinski definition) is 4. The van der Waals surface area contributed by atoms with E-state index in [1.54, 1.807) is 7.11 Å². The number of aromatic nitrogens is 3. The van der Waals surface area contributed by atoms with Gasteiger partial charge in [0.25, 0.3) is 0 Å². The monoisotopic (exact) mass is 280 g/mol. The van der Waals surface area contributed by atoms with Crippen molar-refractivity contribution >= 4 is 5.96 Å². The van der Waals surface area contributed by atoms with Gasteiger partial charge in [-0.15, -0.1) is 10.2 Å². The van der Waals surface area contributed by atoms with Crippen molar-refractivity contribution in [1.82, 2.24) is 25.4 Å². The third-order valence-corrected chi connectivity index (χ3v) is 3.26. The number of nitrogens with one attached hydrogen (secondary N) is 2. The third kappa shape index (κ3) is 3.93. The summed E-state index contributed by atoms with van der Waals surface area (Å²) in [6, 6.07) is 0. The van der Waals surface area contributed by atoms with Crippen LogP contribution in [0.25, 0.3) is 0 Å². The fourth-order valence-corrected chi connectivity index (χ4v) is 2.25. The number of aryl methyl sites for hydroxylation is 1. The van der Waals surface area contributed by atoms with E-state index in [9.17, 15) is 0 Å². The maximum absolute atomic E-state index is 5.02. The van der Waals surface area contributed by atoms with Gasteiger partial charge in [-0.25, -0.2) is 4.99 Å². The molecule has 20 heavy (non-hydrogen) atoms. The SMILES string of the molecule is CCNC(=NCc1nnc2n1CCCC2)NCCOC. The third-order valence-electron chi connectivity index (χ3n) is 3.26. The molecule has 112 valence electrons. The van der Waals surface area contributed by atoms with Gasteiger partial charge in [0.05, 0.1) is 6.61 Å². The van der Waals surface area contributed by atoms with Crippen molar-refractivity contribution in [2.75, 3.05) is 26.8 Å². The number of fused-ring (bicyclic) bond motifs is 1. The highest BCUT2D eigenvalue weighted by atomic mass is 16.5. The molecule has 1 aromatic rings. The Bertz CT molecular complexity index is 442. The van der Waals surface area contributed by atoms with Gasteiger partial charge in [0.15, 0.2) is 11.8 Å². The molecule has 0 fully saturated rings. The van der Waals surface area contributed by atoms with Crippen LogP contribution in [0.4, 0.5) is 0 Å². The molecule has 2 rings (SSSR count). The quantitative estimate of drug-likeness (QED) is 0.446. The van der Waals surface area contributed by atoms with Crippen molar-refractivity contribution in [3.8, 4) is 0 Å². The Hall–Kier alpha value is -1.63. The van der Waals surface area contributed by atoms with Gasteiger partial charge in [0, 0.05) is 33.2 Å². The van der Waals surface area contributed by atoms with Crippen molar-refractivity contribution in [2.24, 2.45) is 4.99 Å². The van der Waals surface area contributed by atoms with E-state index in [4.69, 9.17) is 4.74 Å². The predicted molar refractivity (Wildman–Crippen MR) is 77.7 cm³/mol. The molecule has 0 unspecified atom stereocenters. The Balaban J connectivity index is 1.95.